The van der Waals surface area contributed by atoms with Gasteiger partial charge in [-0.25, -0.2) is 4.98 Å². The number of halogens is 1. The number of aromatic amines is 1. The summed E-state index contributed by atoms with van der Waals surface area (Å²) in [6.45, 7) is 3.14. The van der Waals surface area contributed by atoms with Gasteiger partial charge in [-0.1, -0.05) is 17.7 Å². The quantitative estimate of drug-likeness (QED) is 0.426. The van der Waals surface area contributed by atoms with Gasteiger partial charge >= 0.3 is 0 Å². The molecule has 4 nitrogen and oxygen atoms in total. The van der Waals surface area contributed by atoms with Gasteiger partial charge in [0.1, 0.15) is 17.5 Å². The highest BCUT2D eigenvalue weighted by Gasteiger charge is 2.14. The van der Waals surface area contributed by atoms with Crippen molar-refractivity contribution in [3.8, 4) is 5.75 Å². The summed E-state index contributed by atoms with van der Waals surface area (Å²) >= 11 is 6.40. The summed E-state index contributed by atoms with van der Waals surface area (Å²) in [5, 5.41) is 4.84. The van der Waals surface area contributed by atoms with Crippen LogP contribution in [0.25, 0.3) is 32.6 Å². The molecule has 1 N–H and O–H groups in total. The first-order valence-corrected chi connectivity index (χ1v) is 8.18. The predicted octanol–water partition coefficient (Wildman–Crippen LogP) is 4.86. The van der Waals surface area contributed by atoms with Gasteiger partial charge in [0, 0.05) is 29.6 Å². The van der Waals surface area contributed by atoms with Crippen LogP contribution in [0, 0.1) is 6.92 Å². The molecule has 4 aromatic rings. The Morgan fingerprint density at radius 1 is 1.12 bits per heavy atom. The third-order valence-corrected chi connectivity index (χ3v) is 4.57. The van der Waals surface area contributed by atoms with Gasteiger partial charge in [0.2, 0.25) is 0 Å². The molecule has 5 heteroatoms. The lowest BCUT2D eigenvalue weighted by Gasteiger charge is -2.07. The molecule has 0 bridgehead atoms. The van der Waals surface area contributed by atoms with Gasteiger partial charge in [-0.3, -0.25) is 0 Å². The SMILES string of the molecule is COCCOc1ccc2c(ccc3[nH]c4c(C)cnc(Cl)c4c32)c1. The van der Waals surface area contributed by atoms with Crippen molar-refractivity contribution in [2.75, 3.05) is 20.3 Å². The summed E-state index contributed by atoms with van der Waals surface area (Å²) in [4.78, 5) is 7.77. The van der Waals surface area contributed by atoms with E-state index in [0.29, 0.717) is 18.4 Å². The second-order valence-electron chi connectivity index (χ2n) is 5.82. The Morgan fingerprint density at radius 2 is 2.00 bits per heavy atom. The molecular formula is C19H17ClN2O2. The minimum absolute atomic E-state index is 0.523. The van der Waals surface area contributed by atoms with Gasteiger partial charge in [0.05, 0.1) is 12.1 Å². The molecular weight excluding hydrogens is 324 g/mol. The third-order valence-electron chi connectivity index (χ3n) is 4.28. The summed E-state index contributed by atoms with van der Waals surface area (Å²) in [6, 6.07) is 10.3. The number of nitrogens with zero attached hydrogens (tertiary/aromatic N) is 1. The second-order valence-corrected chi connectivity index (χ2v) is 6.18. The maximum Gasteiger partial charge on any atom is 0.139 e. The van der Waals surface area contributed by atoms with E-state index in [1.165, 1.54) is 0 Å². The fourth-order valence-electron chi connectivity index (χ4n) is 3.12. The van der Waals surface area contributed by atoms with Crippen molar-refractivity contribution in [3.63, 3.8) is 0 Å². The number of methoxy groups -OCH3 is 1. The minimum atomic E-state index is 0.523. The number of benzene rings is 2. The Morgan fingerprint density at radius 3 is 2.83 bits per heavy atom. The fraction of sp³-hybridized carbons (Fsp3) is 0.211. The molecule has 0 amide bonds. The highest BCUT2D eigenvalue weighted by atomic mass is 35.5. The number of pyridine rings is 1. The molecule has 0 aliphatic carbocycles. The molecule has 0 aliphatic rings. The molecule has 0 saturated heterocycles. The van der Waals surface area contributed by atoms with Crippen LogP contribution in [0.5, 0.6) is 5.75 Å². The average Bonchev–Trinajstić information content (AvgIpc) is 2.99. The summed E-state index contributed by atoms with van der Waals surface area (Å²) in [5.41, 5.74) is 3.18. The van der Waals surface area contributed by atoms with Crippen LogP contribution in [-0.2, 0) is 4.74 Å². The molecule has 2 aromatic heterocycles. The van der Waals surface area contributed by atoms with E-state index in [4.69, 9.17) is 21.1 Å². The van der Waals surface area contributed by atoms with E-state index in [-0.39, 0.29) is 0 Å². The molecule has 0 unspecified atom stereocenters. The number of hydrogen-bond donors (Lipinski definition) is 1. The first-order valence-electron chi connectivity index (χ1n) is 7.80. The number of rotatable bonds is 4. The van der Waals surface area contributed by atoms with Crippen LogP contribution in [0.4, 0.5) is 0 Å². The molecule has 0 fully saturated rings. The maximum atomic E-state index is 6.40. The van der Waals surface area contributed by atoms with Crippen LogP contribution >= 0.6 is 11.6 Å². The Bertz CT molecular complexity index is 1060. The van der Waals surface area contributed by atoms with Crippen molar-refractivity contribution in [2.24, 2.45) is 0 Å². The summed E-state index contributed by atoms with van der Waals surface area (Å²) in [6.07, 6.45) is 1.80. The highest BCUT2D eigenvalue weighted by Crippen LogP contribution is 2.37. The number of fused-ring (bicyclic) bond motifs is 5. The van der Waals surface area contributed by atoms with Gasteiger partial charge < -0.3 is 14.5 Å². The lowest BCUT2D eigenvalue weighted by molar-refractivity contribution is 0.146. The van der Waals surface area contributed by atoms with Gasteiger partial charge in [-0.05, 0) is 47.5 Å². The first-order chi connectivity index (χ1) is 11.7. The van der Waals surface area contributed by atoms with Crippen molar-refractivity contribution >= 4 is 44.2 Å². The largest absolute Gasteiger partial charge is 0.491 e. The Balaban J connectivity index is 1.95. The van der Waals surface area contributed by atoms with Crippen LogP contribution in [0.15, 0.2) is 36.5 Å². The maximum absolute atomic E-state index is 6.40. The molecule has 0 atom stereocenters. The molecule has 24 heavy (non-hydrogen) atoms. The first kappa shape index (κ1) is 15.2. The molecule has 0 saturated carbocycles. The molecule has 0 spiro atoms. The molecule has 2 heterocycles. The highest BCUT2D eigenvalue weighted by molar-refractivity contribution is 6.38. The lowest BCUT2D eigenvalue weighted by Crippen LogP contribution is -2.03. The van der Waals surface area contributed by atoms with E-state index in [0.717, 1.165) is 43.9 Å². The van der Waals surface area contributed by atoms with E-state index in [1.54, 1.807) is 13.3 Å². The molecule has 0 radical (unpaired) electrons. The summed E-state index contributed by atoms with van der Waals surface area (Å²) < 4.78 is 10.7. The summed E-state index contributed by atoms with van der Waals surface area (Å²) in [5.74, 6) is 0.833. The van der Waals surface area contributed by atoms with Gasteiger partial charge in [-0.15, -0.1) is 0 Å². The number of nitrogens with one attached hydrogen (secondary N) is 1. The van der Waals surface area contributed by atoms with Crippen LogP contribution in [0.1, 0.15) is 5.56 Å². The van der Waals surface area contributed by atoms with Crippen molar-refractivity contribution in [1.29, 1.82) is 0 Å². The number of H-pyrrole nitrogens is 1. The van der Waals surface area contributed by atoms with Gasteiger partial charge in [0.15, 0.2) is 0 Å². The zero-order chi connectivity index (χ0) is 16.7. The minimum Gasteiger partial charge on any atom is -0.491 e. The lowest BCUT2D eigenvalue weighted by atomic mass is 10.0. The average molecular weight is 341 g/mol. The topological polar surface area (TPSA) is 47.1 Å². The zero-order valence-corrected chi connectivity index (χ0v) is 14.3. The van der Waals surface area contributed by atoms with Gasteiger partial charge in [0.25, 0.3) is 0 Å². The van der Waals surface area contributed by atoms with E-state index >= 15 is 0 Å². The van der Waals surface area contributed by atoms with E-state index < -0.39 is 0 Å². The normalized spacial score (nSPS) is 11.6. The second kappa shape index (κ2) is 5.96. The zero-order valence-electron chi connectivity index (χ0n) is 13.5. The van der Waals surface area contributed by atoms with Crippen LogP contribution in [-0.4, -0.2) is 30.3 Å². The number of ether oxygens (including phenoxy) is 2. The smallest absolute Gasteiger partial charge is 0.139 e. The molecule has 0 aliphatic heterocycles. The number of aryl methyl sites for hydroxylation is 1. The van der Waals surface area contributed by atoms with E-state index in [1.807, 2.05) is 19.1 Å². The van der Waals surface area contributed by atoms with Crippen molar-refractivity contribution in [3.05, 3.63) is 47.2 Å². The van der Waals surface area contributed by atoms with Crippen LogP contribution in [0.2, 0.25) is 5.15 Å². The third kappa shape index (κ3) is 2.39. The molecule has 2 aromatic carbocycles. The Hall–Kier alpha value is -2.30. The van der Waals surface area contributed by atoms with Crippen molar-refractivity contribution in [2.45, 2.75) is 6.92 Å². The van der Waals surface area contributed by atoms with Crippen molar-refractivity contribution < 1.29 is 9.47 Å². The Labute approximate surface area is 144 Å². The summed E-state index contributed by atoms with van der Waals surface area (Å²) in [7, 11) is 1.66. The van der Waals surface area contributed by atoms with Crippen LogP contribution < -0.4 is 4.74 Å². The van der Waals surface area contributed by atoms with E-state index in [9.17, 15) is 0 Å². The van der Waals surface area contributed by atoms with Crippen molar-refractivity contribution in [1.82, 2.24) is 9.97 Å². The number of hydrogen-bond acceptors (Lipinski definition) is 3. The van der Waals surface area contributed by atoms with Crippen LogP contribution in [0.3, 0.4) is 0 Å². The molecule has 4 rings (SSSR count). The van der Waals surface area contributed by atoms with E-state index in [2.05, 4.69) is 28.2 Å². The number of aromatic nitrogens is 2. The standard InChI is InChI=1S/C19H17ClN2O2/c1-11-10-21-19(20)17-16-14-5-4-13(24-8-7-23-2)9-12(14)3-6-15(16)22-18(11)17/h3-6,9-10,22H,7-8H2,1-2H3. The molecule has 122 valence electrons. The predicted molar refractivity (Wildman–Crippen MR) is 98.2 cm³/mol. The monoisotopic (exact) mass is 340 g/mol. The van der Waals surface area contributed by atoms with Gasteiger partial charge in [-0.2, -0.15) is 0 Å². The Kier molecular flexibility index (Phi) is 3.79. The fourth-order valence-corrected chi connectivity index (χ4v) is 3.36.